The standard InChI is InChI=1S/C14H12N2/c1-14(11-7-3-2-4-8-11)12-9-5-6-10-13(12)15-16-14/h2-10H,1H3. The molecule has 0 saturated carbocycles. The van der Waals surface area contributed by atoms with Crippen LogP contribution in [0.4, 0.5) is 5.69 Å². The molecule has 0 bridgehead atoms. The lowest BCUT2D eigenvalue weighted by Gasteiger charge is -2.21. The molecule has 2 aromatic carbocycles. The minimum absolute atomic E-state index is 0.322. The van der Waals surface area contributed by atoms with Crippen LogP contribution >= 0.6 is 0 Å². The van der Waals surface area contributed by atoms with E-state index in [1.165, 1.54) is 11.1 Å². The SMILES string of the molecule is CC1(c2ccccc2)N=Nc2ccccc21. The highest BCUT2D eigenvalue weighted by molar-refractivity contribution is 5.56. The fourth-order valence-corrected chi connectivity index (χ4v) is 2.16. The lowest BCUT2D eigenvalue weighted by atomic mass is 9.85. The average Bonchev–Trinajstić information content (AvgIpc) is 2.71. The van der Waals surface area contributed by atoms with Crippen molar-refractivity contribution in [3.63, 3.8) is 0 Å². The van der Waals surface area contributed by atoms with Crippen molar-refractivity contribution in [3.8, 4) is 0 Å². The molecule has 16 heavy (non-hydrogen) atoms. The van der Waals surface area contributed by atoms with Gasteiger partial charge in [0.25, 0.3) is 0 Å². The molecule has 0 amide bonds. The zero-order valence-corrected chi connectivity index (χ0v) is 9.09. The molecule has 0 aromatic heterocycles. The summed E-state index contributed by atoms with van der Waals surface area (Å²) in [5, 5.41) is 8.68. The summed E-state index contributed by atoms with van der Waals surface area (Å²) in [5.74, 6) is 0. The third-order valence-electron chi connectivity index (χ3n) is 3.12. The van der Waals surface area contributed by atoms with Crippen LogP contribution in [0.2, 0.25) is 0 Å². The lowest BCUT2D eigenvalue weighted by molar-refractivity contribution is 0.603. The van der Waals surface area contributed by atoms with Crippen molar-refractivity contribution < 1.29 is 0 Å². The van der Waals surface area contributed by atoms with Gasteiger partial charge >= 0.3 is 0 Å². The molecule has 2 aromatic rings. The molecule has 1 atom stereocenters. The van der Waals surface area contributed by atoms with E-state index in [1.807, 2.05) is 36.4 Å². The van der Waals surface area contributed by atoms with E-state index in [0.717, 1.165) is 5.69 Å². The van der Waals surface area contributed by atoms with Gasteiger partial charge in [-0.05, 0) is 18.6 Å². The minimum Gasteiger partial charge on any atom is -0.172 e. The molecule has 1 heterocycles. The highest BCUT2D eigenvalue weighted by atomic mass is 15.2. The summed E-state index contributed by atoms with van der Waals surface area (Å²) in [6.07, 6.45) is 0. The molecule has 0 fully saturated rings. The molecule has 0 aliphatic carbocycles. The van der Waals surface area contributed by atoms with Gasteiger partial charge in [-0.2, -0.15) is 10.2 Å². The summed E-state index contributed by atoms with van der Waals surface area (Å²) in [5.41, 5.74) is 3.02. The topological polar surface area (TPSA) is 24.7 Å². The summed E-state index contributed by atoms with van der Waals surface area (Å²) in [6, 6.07) is 18.4. The van der Waals surface area contributed by atoms with Gasteiger partial charge in [0.2, 0.25) is 0 Å². The van der Waals surface area contributed by atoms with Crippen LogP contribution in [-0.2, 0) is 5.54 Å². The molecule has 1 aliphatic heterocycles. The van der Waals surface area contributed by atoms with Crippen molar-refractivity contribution in [2.24, 2.45) is 10.2 Å². The second-order valence-electron chi connectivity index (χ2n) is 4.16. The zero-order valence-electron chi connectivity index (χ0n) is 9.09. The van der Waals surface area contributed by atoms with Crippen molar-refractivity contribution in [3.05, 3.63) is 65.7 Å². The van der Waals surface area contributed by atoms with E-state index in [0.29, 0.717) is 0 Å². The van der Waals surface area contributed by atoms with E-state index >= 15 is 0 Å². The number of nitrogens with zero attached hydrogens (tertiary/aromatic N) is 2. The van der Waals surface area contributed by atoms with Crippen LogP contribution in [0.1, 0.15) is 18.1 Å². The lowest BCUT2D eigenvalue weighted by Crippen LogP contribution is -2.17. The summed E-state index contributed by atoms with van der Waals surface area (Å²) in [6.45, 7) is 2.11. The molecular formula is C14H12N2. The fraction of sp³-hybridized carbons (Fsp3) is 0.143. The first-order valence-corrected chi connectivity index (χ1v) is 5.39. The van der Waals surface area contributed by atoms with Gasteiger partial charge in [-0.3, -0.25) is 0 Å². The van der Waals surface area contributed by atoms with Gasteiger partial charge < -0.3 is 0 Å². The first-order valence-electron chi connectivity index (χ1n) is 5.39. The Kier molecular flexibility index (Phi) is 1.90. The van der Waals surface area contributed by atoms with Gasteiger partial charge in [0.1, 0.15) is 5.54 Å². The number of rotatable bonds is 1. The Labute approximate surface area is 94.7 Å². The van der Waals surface area contributed by atoms with Crippen LogP contribution in [0.5, 0.6) is 0 Å². The quantitative estimate of drug-likeness (QED) is 0.675. The van der Waals surface area contributed by atoms with Crippen LogP contribution in [-0.4, -0.2) is 0 Å². The molecule has 0 spiro atoms. The molecule has 3 rings (SSSR count). The molecular weight excluding hydrogens is 196 g/mol. The van der Waals surface area contributed by atoms with Crippen molar-refractivity contribution in [1.82, 2.24) is 0 Å². The van der Waals surface area contributed by atoms with Gasteiger partial charge in [-0.15, -0.1) is 0 Å². The van der Waals surface area contributed by atoms with E-state index in [-0.39, 0.29) is 5.54 Å². The maximum atomic E-state index is 4.43. The van der Waals surface area contributed by atoms with E-state index < -0.39 is 0 Å². The van der Waals surface area contributed by atoms with E-state index in [2.05, 4.69) is 35.4 Å². The van der Waals surface area contributed by atoms with Gasteiger partial charge in [0.15, 0.2) is 0 Å². The second-order valence-corrected chi connectivity index (χ2v) is 4.16. The Hall–Kier alpha value is -1.96. The fourth-order valence-electron chi connectivity index (χ4n) is 2.16. The van der Waals surface area contributed by atoms with E-state index in [4.69, 9.17) is 0 Å². The predicted molar refractivity (Wildman–Crippen MR) is 63.9 cm³/mol. The minimum atomic E-state index is -0.322. The first kappa shape index (κ1) is 9.28. The van der Waals surface area contributed by atoms with Crippen LogP contribution < -0.4 is 0 Å². The molecule has 78 valence electrons. The van der Waals surface area contributed by atoms with Gasteiger partial charge in [-0.25, -0.2) is 0 Å². The van der Waals surface area contributed by atoms with Crippen LogP contribution in [0.25, 0.3) is 0 Å². The highest BCUT2D eigenvalue weighted by Gasteiger charge is 2.34. The number of fused-ring (bicyclic) bond motifs is 1. The molecule has 1 aliphatic rings. The maximum Gasteiger partial charge on any atom is 0.131 e. The van der Waals surface area contributed by atoms with Crippen LogP contribution in [0.15, 0.2) is 64.8 Å². The molecule has 0 N–H and O–H groups in total. The molecule has 2 nitrogen and oxygen atoms in total. The van der Waals surface area contributed by atoms with Crippen molar-refractivity contribution in [2.45, 2.75) is 12.5 Å². The monoisotopic (exact) mass is 208 g/mol. The Morgan fingerprint density at radius 2 is 1.56 bits per heavy atom. The highest BCUT2D eigenvalue weighted by Crippen LogP contribution is 2.44. The van der Waals surface area contributed by atoms with Crippen LogP contribution in [0, 0.1) is 0 Å². The summed E-state index contributed by atoms with van der Waals surface area (Å²) < 4.78 is 0. The summed E-state index contributed by atoms with van der Waals surface area (Å²) in [4.78, 5) is 0. The van der Waals surface area contributed by atoms with Gasteiger partial charge in [0.05, 0.1) is 5.69 Å². The van der Waals surface area contributed by atoms with Gasteiger partial charge in [0, 0.05) is 5.56 Å². The second kappa shape index (κ2) is 3.27. The third-order valence-corrected chi connectivity index (χ3v) is 3.12. The Balaban J connectivity index is 2.19. The Morgan fingerprint density at radius 1 is 0.875 bits per heavy atom. The smallest absolute Gasteiger partial charge is 0.131 e. The van der Waals surface area contributed by atoms with Crippen LogP contribution in [0.3, 0.4) is 0 Å². The first-order chi connectivity index (χ1) is 7.81. The van der Waals surface area contributed by atoms with Crippen molar-refractivity contribution in [2.75, 3.05) is 0 Å². The van der Waals surface area contributed by atoms with Crippen molar-refractivity contribution >= 4 is 5.69 Å². The molecule has 2 heteroatoms. The molecule has 0 saturated heterocycles. The number of azo groups is 1. The van der Waals surface area contributed by atoms with E-state index in [1.54, 1.807) is 0 Å². The Bertz CT molecular complexity index is 546. The van der Waals surface area contributed by atoms with Gasteiger partial charge in [-0.1, -0.05) is 48.5 Å². The number of hydrogen-bond acceptors (Lipinski definition) is 2. The predicted octanol–water partition coefficient (Wildman–Crippen LogP) is 4.05. The number of benzene rings is 2. The normalized spacial score (nSPS) is 22.1. The Morgan fingerprint density at radius 3 is 2.38 bits per heavy atom. The largest absolute Gasteiger partial charge is 0.172 e. The van der Waals surface area contributed by atoms with Crippen molar-refractivity contribution in [1.29, 1.82) is 0 Å². The van der Waals surface area contributed by atoms with E-state index in [9.17, 15) is 0 Å². The summed E-state index contributed by atoms with van der Waals surface area (Å²) in [7, 11) is 0. The third kappa shape index (κ3) is 1.20. The zero-order chi connectivity index (χ0) is 11.0. The maximum absolute atomic E-state index is 4.43. The molecule has 0 radical (unpaired) electrons. The molecule has 1 unspecified atom stereocenters. The summed E-state index contributed by atoms with van der Waals surface area (Å²) >= 11 is 0. The average molecular weight is 208 g/mol. The number of hydrogen-bond donors (Lipinski definition) is 0.